The van der Waals surface area contributed by atoms with Crippen LogP contribution < -0.4 is 4.74 Å². The maximum absolute atomic E-state index is 8.21. The Balaban J connectivity index is 2.55. The van der Waals surface area contributed by atoms with Crippen LogP contribution in [0, 0.1) is 0 Å². The number of aromatic nitrogens is 1. The van der Waals surface area contributed by atoms with E-state index < -0.39 is 12.9 Å². The van der Waals surface area contributed by atoms with E-state index in [1.54, 1.807) is 38.4 Å². The summed E-state index contributed by atoms with van der Waals surface area (Å²) in [5.74, 6) is 0.676. The van der Waals surface area contributed by atoms with Crippen molar-refractivity contribution in [2.45, 2.75) is 6.37 Å². The zero-order chi connectivity index (χ0) is 14.2. The van der Waals surface area contributed by atoms with E-state index in [2.05, 4.69) is 4.98 Å². The van der Waals surface area contributed by atoms with E-state index in [-0.39, 0.29) is 0 Å². The van der Waals surface area contributed by atoms with Crippen LogP contribution in [0.3, 0.4) is 0 Å². The molecule has 2 rings (SSSR count). The smallest absolute Gasteiger partial charge is 0.119 e. The number of methoxy groups -OCH3 is 1. The number of likely N-dealkylation sites (N-methyl/N-ethyl adjacent to an activating group) is 1. The molecule has 1 atom stereocenters. The summed E-state index contributed by atoms with van der Waals surface area (Å²) < 4.78 is 29.6. The van der Waals surface area contributed by atoms with Gasteiger partial charge in [-0.2, -0.15) is 0 Å². The van der Waals surface area contributed by atoms with E-state index in [9.17, 15) is 0 Å². The normalized spacial score (nSPS) is 16.9. The first-order valence-electron chi connectivity index (χ1n) is 6.70. The van der Waals surface area contributed by atoms with Crippen molar-refractivity contribution in [1.29, 1.82) is 0 Å². The number of hydrogen-bond acceptors (Lipinski definition) is 2. The van der Waals surface area contributed by atoms with Crippen molar-refractivity contribution >= 4 is 10.9 Å². The number of nitrogens with zero attached hydrogens (tertiary/aromatic N) is 1. The molecule has 2 aromatic rings. The van der Waals surface area contributed by atoms with Gasteiger partial charge in [0.25, 0.3) is 0 Å². The quantitative estimate of drug-likeness (QED) is 0.858. The third kappa shape index (κ3) is 2.19. The summed E-state index contributed by atoms with van der Waals surface area (Å²) in [6.45, 7) is -0.974. The highest BCUT2D eigenvalue weighted by molar-refractivity contribution is 5.84. The van der Waals surface area contributed by atoms with Crippen LogP contribution in [0.15, 0.2) is 24.4 Å². The molecule has 0 amide bonds. The molecule has 1 unspecified atom stereocenters. The van der Waals surface area contributed by atoms with Gasteiger partial charge in [-0.05, 0) is 44.2 Å². The first kappa shape index (κ1) is 7.74. The topological polar surface area (TPSA) is 28.3 Å². The monoisotopic (exact) mass is 221 g/mol. The molecule has 0 saturated carbocycles. The Morgan fingerprint density at radius 1 is 1.44 bits per heavy atom. The minimum Gasteiger partial charge on any atom is -0.497 e. The van der Waals surface area contributed by atoms with Crippen LogP contribution in [0.2, 0.25) is 0 Å². The van der Waals surface area contributed by atoms with Crippen molar-refractivity contribution in [2.75, 3.05) is 27.7 Å². The maximum atomic E-state index is 8.21. The average molecular weight is 221 g/mol. The Kier molecular flexibility index (Phi) is 2.21. The molecule has 0 bridgehead atoms. The van der Waals surface area contributed by atoms with Gasteiger partial charge in [-0.25, -0.2) is 0 Å². The molecule has 3 heteroatoms. The number of benzene rings is 1. The SMILES string of the molecule is [2H]C(N(C)C)C([2H])([2H])c1c[nH]c2ccc(OC)cc12. The van der Waals surface area contributed by atoms with Gasteiger partial charge in [-0.3, -0.25) is 0 Å². The number of nitrogens with one attached hydrogen (secondary N) is 1. The van der Waals surface area contributed by atoms with Crippen LogP contribution in [0.1, 0.15) is 9.68 Å². The first-order chi connectivity index (χ1) is 8.87. The highest BCUT2D eigenvalue weighted by Gasteiger charge is 2.05. The third-order valence-electron chi connectivity index (χ3n) is 2.37. The third-order valence-corrected chi connectivity index (χ3v) is 2.37. The molecule has 0 saturated heterocycles. The largest absolute Gasteiger partial charge is 0.497 e. The molecule has 0 spiro atoms. The van der Waals surface area contributed by atoms with Crippen LogP contribution in [0.25, 0.3) is 10.9 Å². The lowest BCUT2D eigenvalue weighted by Crippen LogP contribution is -2.14. The lowest BCUT2D eigenvalue weighted by Gasteiger charge is -2.08. The minimum absolute atomic E-state index is 0.482. The molecule has 1 N–H and O–H groups in total. The van der Waals surface area contributed by atoms with Crippen LogP contribution in [-0.4, -0.2) is 37.6 Å². The minimum atomic E-state index is -1.77. The van der Waals surface area contributed by atoms with Gasteiger partial charge in [-0.15, -0.1) is 0 Å². The summed E-state index contributed by atoms with van der Waals surface area (Å²) in [5, 5.41) is 0.753. The summed E-state index contributed by atoms with van der Waals surface area (Å²) in [6, 6.07) is 5.46. The number of rotatable bonds is 4. The van der Waals surface area contributed by atoms with E-state index in [1.165, 1.54) is 0 Å². The molecule has 86 valence electrons. The van der Waals surface area contributed by atoms with Crippen molar-refractivity contribution < 1.29 is 8.85 Å². The molecule has 0 fully saturated rings. The molecule has 3 nitrogen and oxygen atoms in total. The fourth-order valence-corrected chi connectivity index (χ4v) is 1.54. The molecule has 16 heavy (non-hydrogen) atoms. The van der Waals surface area contributed by atoms with Crippen molar-refractivity contribution in [3.05, 3.63) is 30.0 Å². The van der Waals surface area contributed by atoms with Gasteiger partial charge in [0, 0.05) is 27.7 Å². The zero-order valence-electron chi connectivity index (χ0n) is 12.7. The Morgan fingerprint density at radius 2 is 2.25 bits per heavy atom. The molecule has 0 aliphatic heterocycles. The summed E-state index contributed by atoms with van der Waals surface area (Å²) >= 11 is 0. The number of fused-ring (bicyclic) bond motifs is 1. The van der Waals surface area contributed by atoms with Crippen molar-refractivity contribution in [3.63, 3.8) is 0 Å². The number of H-pyrrole nitrogens is 1. The van der Waals surface area contributed by atoms with Crippen LogP contribution in [0.4, 0.5) is 0 Å². The van der Waals surface area contributed by atoms with E-state index >= 15 is 0 Å². The molecule has 1 heterocycles. The Labute approximate surface area is 100 Å². The van der Waals surface area contributed by atoms with E-state index in [0.29, 0.717) is 11.3 Å². The Hall–Kier alpha value is -1.48. The highest BCUT2D eigenvalue weighted by Crippen LogP contribution is 2.23. The number of aromatic amines is 1. The second-order valence-electron chi connectivity index (χ2n) is 3.85. The van der Waals surface area contributed by atoms with E-state index in [4.69, 9.17) is 8.85 Å². The molecule has 0 radical (unpaired) electrons. The maximum Gasteiger partial charge on any atom is 0.119 e. The zero-order valence-corrected chi connectivity index (χ0v) is 9.74. The first-order valence-corrected chi connectivity index (χ1v) is 5.12. The van der Waals surface area contributed by atoms with Gasteiger partial charge in [0.15, 0.2) is 0 Å². The van der Waals surface area contributed by atoms with E-state index in [1.807, 2.05) is 12.1 Å². The Bertz CT molecular complexity index is 580. The molecular formula is C13H18N2O. The van der Waals surface area contributed by atoms with Gasteiger partial charge in [0.1, 0.15) is 5.75 Å². The summed E-state index contributed by atoms with van der Waals surface area (Å²) in [4.78, 5) is 4.60. The van der Waals surface area contributed by atoms with Gasteiger partial charge in [-0.1, -0.05) is 0 Å². The van der Waals surface area contributed by atoms with Gasteiger partial charge >= 0.3 is 0 Å². The molecule has 1 aromatic heterocycles. The average Bonchev–Trinajstić information content (AvgIpc) is 2.80. The van der Waals surface area contributed by atoms with Crippen molar-refractivity contribution in [2.24, 2.45) is 0 Å². The van der Waals surface area contributed by atoms with E-state index in [0.717, 1.165) is 10.9 Å². The summed E-state index contributed by atoms with van der Waals surface area (Å²) in [6.07, 6.45) is -0.136. The van der Waals surface area contributed by atoms with Gasteiger partial charge in [0.2, 0.25) is 0 Å². The van der Waals surface area contributed by atoms with Gasteiger partial charge < -0.3 is 14.6 Å². The molecule has 0 aliphatic carbocycles. The lowest BCUT2D eigenvalue weighted by atomic mass is 10.1. The molecular weight excluding hydrogens is 200 g/mol. The predicted molar refractivity (Wildman–Crippen MR) is 67.1 cm³/mol. The van der Waals surface area contributed by atoms with Crippen LogP contribution >= 0.6 is 0 Å². The number of ether oxygens (including phenoxy) is 1. The predicted octanol–water partition coefficient (Wildman–Crippen LogP) is 2.28. The fraction of sp³-hybridized carbons (Fsp3) is 0.385. The second kappa shape index (κ2) is 4.58. The highest BCUT2D eigenvalue weighted by atomic mass is 16.5. The summed E-state index contributed by atoms with van der Waals surface area (Å²) in [7, 11) is 4.98. The summed E-state index contributed by atoms with van der Waals surface area (Å²) in [5.41, 5.74) is 1.32. The van der Waals surface area contributed by atoms with Gasteiger partial charge in [0.05, 0.1) is 7.11 Å². The van der Waals surface area contributed by atoms with Crippen molar-refractivity contribution in [3.8, 4) is 5.75 Å². The standard InChI is InChI=1S/C13H18N2O/c1-15(2)7-6-10-9-14-13-5-4-11(16-3)8-12(10)13/h4-5,8-9,14H,6-7H2,1-3H3/i6D2,7D. The van der Waals surface area contributed by atoms with Crippen molar-refractivity contribution in [1.82, 2.24) is 9.88 Å². The number of aryl methyl sites for hydroxylation is 1. The molecule has 0 aliphatic rings. The Morgan fingerprint density at radius 3 is 2.94 bits per heavy atom. The van der Waals surface area contributed by atoms with Crippen LogP contribution in [-0.2, 0) is 6.37 Å². The van der Waals surface area contributed by atoms with Crippen LogP contribution in [0.5, 0.6) is 5.75 Å². The second-order valence-corrected chi connectivity index (χ2v) is 3.85. The lowest BCUT2D eigenvalue weighted by molar-refractivity contribution is 0.413. The fourth-order valence-electron chi connectivity index (χ4n) is 1.54. The molecule has 1 aromatic carbocycles. The number of hydrogen-bond donors (Lipinski definition) is 1.